The quantitative estimate of drug-likeness (QED) is 0.734. The number of Topliss-reactive ketones (excluding diaryl/α,β-unsaturated/α-hetero) is 1. The van der Waals surface area contributed by atoms with Gasteiger partial charge in [0.2, 0.25) is 5.88 Å². The van der Waals surface area contributed by atoms with Crippen molar-refractivity contribution >= 4 is 16.7 Å². The third kappa shape index (κ3) is 1.25. The van der Waals surface area contributed by atoms with E-state index in [4.69, 9.17) is 4.74 Å². The summed E-state index contributed by atoms with van der Waals surface area (Å²) < 4.78 is 5.08. The second kappa shape index (κ2) is 3.14. The fourth-order valence-corrected chi connectivity index (χ4v) is 1.38. The SMILES string of the molecule is COc1nccc2[nH]c(C(C)=O)cc12. The molecule has 4 nitrogen and oxygen atoms in total. The van der Waals surface area contributed by atoms with Crippen molar-refractivity contribution in [2.24, 2.45) is 0 Å². The van der Waals surface area contributed by atoms with Crippen LogP contribution in [0.3, 0.4) is 0 Å². The molecule has 0 radical (unpaired) electrons. The molecule has 0 bridgehead atoms. The predicted molar refractivity (Wildman–Crippen MR) is 52.7 cm³/mol. The average molecular weight is 190 g/mol. The number of H-pyrrole nitrogens is 1. The van der Waals surface area contributed by atoms with E-state index in [1.807, 2.05) is 6.07 Å². The minimum absolute atomic E-state index is 0.00301. The molecule has 72 valence electrons. The first-order valence-corrected chi connectivity index (χ1v) is 4.25. The van der Waals surface area contributed by atoms with Gasteiger partial charge in [-0.1, -0.05) is 0 Å². The van der Waals surface area contributed by atoms with E-state index >= 15 is 0 Å². The highest BCUT2D eigenvalue weighted by Crippen LogP contribution is 2.23. The van der Waals surface area contributed by atoms with Gasteiger partial charge in [-0.05, 0) is 12.1 Å². The van der Waals surface area contributed by atoms with Crippen LogP contribution in [0, 0.1) is 0 Å². The topological polar surface area (TPSA) is 55.0 Å². The maximum Gasteiger partial charge on any atom is 0.222 e. The van der Waals surface area contributed by atoms with Gasteiger partial charge in [0.25, 0.3) is 0 Å². The maximum absolute atomic E-state index is 11.1. The number of nitrogens with zero attached hydrogens (tertiary/aromatic N) is 1. The number of aromatic amines is 1. The van der Waals surface area contributed by atoms with Crippen LogP contribution in [0.5, 0.6) is 5.88 Å². The molecule has 0 aliphatic carbocycles. The van der Waals surface area contributed by atoms with Gasteiger partial charge in [0.1, 0.15) is 0 Å². The lowest BCUT2D eigenvalue weighted by Crippen LogP contribution is -1.89. The normalized spacial score (nSPS) is 10.4. The van der Waals surface area contributed by atoms with Crippen LogP contribution in [0.2, 0.25) is 0 Å². The second-order valence-electron chi connectivity index (χ2n) is 3.02. The molecule has 0 aromatic carbocycles. The van der Waals surface area contributed by atoms with Gasteiger partial charge >= 0.3 is 0 Å². The largest absolute Gasteiger partial charge is 0.481 e. The number of pyridine rings is 1. The van der Waals surface area contributed by atoms with Gasteiger partial charge in [-0.2, -0.15) is 0 Å². The number of ketones is 1. The van der Waals surface area contributed by atoms with E-state index in [0.717, 1.165) is 10.9 Å². The molecule has 2 heterocycles. The maximum atomic E-state index is 11.1. The van der Waals surface area contributed by atoms with Crippen LogP contribution in [-0.4, -0.2) is 22.9 Å². The molecule has 2 aromatic rings. The Labute approximate surface area is 80.9 Å². The number of hydrogen-bond acceptors (Lipinski definition) is 3. The highest BCUT2D eigenvalue weighted by Gasteiger charge is 2.08. The van der Waals surface area contributed by atoms with Crippen molar-refractivity contribution in [3.8, 4) is 5.88 Å². The lowest BCUT2D eigenvalue weighted by molar-refractivity contribution is 0.101. The van der Waals surface area contributed by atoms with Gasteiger partial charge in [-0.3, -0.25) is 4.79 Å². The molecule has 0 amide bonds. The Morgan fingerprint density at radius 1 is 1.57 bits per heavy atom. The average Bonchev–Trinajstić information content (AvgIpc) is 2.60. The Morgan fingerprint density at radius 2 is 2.36 bits per heavy atom. The van der Waals surface area contributed by atoms with Crippen molar-refractivity contribution in [3.05, 3.63) is 24.0 Å². The van der Waals surface area contributed by atoms with Crippen LogP contribution in [0.1, 0.15) is 17.4 Å². The lowest BCUT2D eigenvalue weighted by atomic mass is 10.3. The van der Waals surface area contributed by atoms with Crippen molar-refractivity contribution in [1.82, 2.24) is 9.97 Å². The third-order valence-corrected chi connectivity index (χ3v) is 2.08. The van der Waals surface area contributed by atoms with Crippen molar-refractivity contribution in [1.29, 1.82) is 0 Å². The van der Waals surface area contributed by atoms with Crippen LogP contribution in [-0.2, 0) is 0 Å². The first-order valence-electron chi connectivity index (χ1n) is 4.25. The van der Waals surface area contributed by atoms with E-state index < -0.39 is 0 Å². The molecule has 2 rings (SSSR count). The monoisotopic (exact) mass is 190 g/mol. The number of rotatable bonds is 2. The molecular formula is C10H10N2O2. The summed E-state index contributed by atoms with van der Waals surface area (Å²) in [5.74, 6) is 0.537. The molecular weight excluding hydrogens is 180 g/mol. The zero-order chi connectivity index (χ0) is 10.1. The number of methoxy groups -OCH3 is 1. The summed E-state index contributed by atoms with van der Waals surface area (Å²) in [7, 11) is 1.56. The van der Waals surface area contributed by atoms with Crippen LogP contribution >= 0.6 is 0 Å². The van der Waals surface area contributed by atoms with Crippen LogP contribution in [0.25, 0.3) is 10.9 Å². The molecule has 0 saturated carbocycles. The molecule has 0 atom stereocenters. The molecule has 4 heteroatoms. The molecule has 0 spiro atoms. The van der Waals surface area contributed by atoms with E-state index in [2.05, 4.69) is 9.97 Å². The molecule has 0 aliphatic rings. The lowest BCUT2D eigenvalue weighted by Gasteiger charge is -1.97. The van der Waals surface area contributed by atoms with E-state index in [1.54, 1.807) is 19.4 Å². The molecule has 0 saturated heterocycles. The zero-order valence-corrected chi connectivity index (χ0v) is 8.00. The van der Waals surface area contributed by atoms with E-state index in [0.29, 0.717) is 11.6 Å². The van der Waals surface area contributed by atoms with Crippen LogP contribution in [0.15, 0.2) is 18.3 Å². The number of carbonyl (C=O) groups is 1. The molecule has 1 N–H and O–H groups in total. The van der Waals surface area contributed by atoms with E-state index in [1.165, 1.54) is 6.92 Å². The molecule has 0 aliphatic heterocycles. The number of ether oxygens (including phenoxy) is 1. The molecule has 0 fully saturated rings. The third-order valence-electron chi connectivity index (χ3n) is 2.08. The van der Waals surface area contributed by atoms with Gasteiger partial charge in [0.05, 0.1) is 23.7 Å². The van der Waals surface area contributed by atoms with Gasteiger partial charge in [-0.15, -0.1) is 0 Å². The van der Waals surface area contributed by atoms with Gasteiger partial charge in [0.15, 0.2) is 5.78 Å². The number of hydrogen-bond donors (Lipinski definition) is 1. The summed E-state index contributed by atoms with van der Waals surface area (Å²) in [5.41, 5.74) is 1.44. The summed E-state index contributed by atoms with van der Waals surface area (Å²) in [4.78, 5) is 18.2. The number of aromatic nitrogens is 2. The van der Waals surface area contributed by atoms with Gasteiger partial charge in [0, 0.05) is 13.1 Å². The number of carbonyl (C=O) groups excluding carboxylic acids is 1. The van der Waals surface area contributed by atoms with Gasteiger partial charge in [-0.25, -0.2) is 4.98 Å². The fraction of sp³-hybridized carbons (Fsp3) is 0.200. The fourth-order valence-electron chi connectivity index (χ4n) is 1.38. The van der Waals surface area contributed by atoms with E-state index in [-0.39, 0.29) is 5.78 Å². The number of fused-ring (bicyclic) bond motifs is 1. The standard InChI is InChI=1S/C10H10N2O2/c1-6(13)9-5-7-8(12-9)3-4-11-10(7)14-2/h3-5,12H,1-2H3. The predicted octanol–water partition coefficient (Wildman–Crippen LogP) is 1.77. The summed E-state index contributed by atoms with van der Waals surface area (Å²) >= 11 is 0. The van der Waals surface area contributed by atoms with Crippen molar-refractivity contribution in [2.45, 2.75) is 6.92 Å². The first kappa shape index (κ1) is 8.74. The highest BCUT2D eigenvalue weighted by atomic mass is 16.5. The summed E-state index contributed by atoms with van der Waals surface area (Å²) in [5, 5.41) is 0.834. The smallest absolute Gasteiger partial charge is 0.222 e. The van der Waals surface area contributed by atoms with E-state index in [9.17, 15) is 4.79 Å². The zero-order valence-electron chi connectivity index (χ0n) is 8.00. The van der Waals surface area contributed by atoms with Crippen molar-refractivity contribution < 1.29 is 9.53 Å². The Balaban J connectivity index is 2.70. The van der Waals surface area contributed by atoms with Crippen molar-refractivity contribution in [2.75, 3.05) is 7.11 Å². The Kier molecular flexibility index (Phi) is 1.96. The highest BCUT2D eigenvalue weighted by molar-refractivity contribution is 5.99. The summed E-state index contributed by atoms with van der Waals surface area (Å²) in [6.45, 7) is 1.52. The summed E-state index contributed by atoms with van der Waals surface area (Å²) in [6, 6.07) is 3.56. The van der Waals surface area contributed by atoms with Crippen LogP contribution < -0.4 is 4.74 Å². The Bertz CT molecular complexity index is 488. The van der Waals surface area contributed by atoms with Crippen LogP contribution in [0.4, 0.5) is 0 Å². The van der Waals surface area contributed by atoms with Gasteiger partial charge < -0.3 is 9.72 Å². The summed E-state index contributed by atoms with van der Waals surface area (Å²) in [6.07, 6.45) is 1.64. The minimum Gasteiger partial charge on any atom is -0.481 e. The Morgan fingerprint density at radius 3 is 3.00 bits per heavy atom. The second-order valence-corrected chi connectivity index (χ2v) is 3.02. The minimum atomic E-state index is 0.00301. The number of nitrogens with one attached hydrogen (secondary N) is 1. The first-order chi connectivity index (χ1) is 6.72. The molecule has 2 aromatic heterocycles. The Hall–Kier alpha value is -1.84. The molecule has 0 unspecified atom stereocenters. The molecule has 14 heavy (non-hydrogen) atoms. The van der Waals surface area contributed by atoms with Crippen molar-refractivity contribution in [3.63, 3.8) is 0 Å².